The standard InChI is InChI=1S/C18H31NO/c1-4-5-17(10-11-20)13-19-14-18-8-6-16(7-9-18)12-15(2)3/h6-9,15,17,19-20H,4-5,10-14H2,1-3H3. The third kappa shape index (κ3) is 7.06. The molecular weight excluding hydrogens is 246 g/mol. The zero-order valence-corrected chi connectivity index (χ0v) is 13.4. The molecule has 0 aliphatic rings. The van der Waals surface area contributed by atoms with Gasteiger partial charge in [0.05, 0.1) is 0 Å². The summed E-state index contributed by atoms with van der Waals surface area (Å²) in [7, 11) is 0. The minimum Gasteiger partial charge on any atom is -0.396 e. The fourth-order valence-corrected chi connectivity index (χ4v) is 2.62. The van der Waals surface area contributed by atoms with Crippen molar-refractivity contribution >= 4 is 0 Å². The summed E-state index contributed by atoms with van der Waals surface area (Å²) in [6.45, 7) is 8.94. The Kier molecular flexibility index (Phi) is 8.56. The summed E-state index contributed by atoms with van der Waals surface area (Å²) >= 11 is 0. The summed E-state index contributed by atoms with van der Waals surface area (Å²) in [4.78, 5) is 0. The number of aliphatic hydroxyl groups is 1. The summed E-state index contributed by atoms with van der Waals surface area (Å²) < 4.78 is 0. The predicted molar refractivity (Wildman–Crippen MR) is 86.8 cm³/mol. The topological polar surface area (TPSA) is 32.3 Å². The van der Waals surface area contributed by atoms with Crippen LogP contribution in [0.4, 0.5) is 0 Å². The van der Waals surface area contributed by atoms with Crippen molar-refractivity contribution in [2.75, 3.05) is 13.2 Å². The Morgan fingerprint density at radius 2 is 1.70 bits per heavy atom. The Hall–Kier alpha value is -0.860. The van der Waals surface area contributed by atoms with Gasteiger partial charge >= 0.3 is 0 Å². The first kappa shape index (κ1) is 17.2. The van der Waals surface area contributed by atoms with Gasteiger partial charge in [0.25, 0.3) is 0 Å². The molecule has 0 heterocycles. The van der Waals surface area contributed by atoms with E-state index in [4.69, 9.17) is 5.11 Å². The van der Waals surface area contributed by atoms with Gasteiger partial charge in [0.1, 0.15) is 0 Å². The van der Waals surface area contributed by atoms with E-state index < -0.39 is 0 Å². The molecule has 0 aliphatic carbocycles. The Balaban J connectivity index is 2.33. The van der Waals surface area contributed by atoms with E-state index in [-0.39, 0.29) is 0 Å². The van der Waals surface area contributed by atoms with Crippen LogP contribution in [0.15, 0.2) is 24.3 Å². The lowest BCUT2D eigenvalue weighted by Gasteiger charge is -2.15. The number of hydrogen-bond donors (Lipinski definition) is 2. The van der Waals surface area contributed by atoms with E-state index in [9.17, 15) is 0 Å². The summed E-state index contributed by atoms with van der Waals surface area (Å²) in [6, 6.07) is 8.94. The molecule has 2 heteroatoms. The SMILES string of the molecule is CCCC(CCO)CNCc1ccc(CC(C)C)cc1. The molecule has 1 unspecified atom stereocenters. The third-order valence-corrected chi connectivity index (χ3v) is 3.66. The molecule has 0 spiro atoms. The Morgan fingerprint density at radius 1 is 1.05 bits per heavy atom. The maximum atomic E-state index is 9.05. The molecule has 2 nitrogen and oxygen atoms in total. The van der Waals surface area contributed by atoms with Crippen LogP contribution in [0.5, 0.6) is 0 Å². The maximum absolute atomic E-state index is 9.05. The van der Waals surface area contributed by atoms with Gasteiger partial charge in [0.15, 0.2) is 0 Å². The molecule has 0 aliphatic heterocycles. The number of benzene rings is 1. The van der Waals surface area contributed by atoms with Gasteiger partial charge in [-0.2, -0.15) is 0 Å². The second-order valence-corrected chi connectivity index (χ2v) is 6.21. The minimum atomic E-state index is 0.302. The maximum Gasteiger partial charge on any atom is 0.0434 e. The zero-order valence-electron chi connectivity index (χ0n) is 13.4. The molecule has 0 aromatic heterocycles. The van der Waals surface area contributed by atoms with Gasteiger partial charge in [-0.25, -0.2) is 0 Å². The smallest absolute Gasteiger partial charge is 0.0434 e. The summed E-state index contributed by atoms with van der Waals surface area (Å²) in [6.07, 6.45) is 4.45. The summed E-state index contributed by atoms with van der Waals surface area (Å²) in [5.74, 6) is 1.32. The molecule has 1 rings (SSSR count). The van der Waals surface area contributed by atoms with Crippen LogP contribution in [0.2, 0.25) is 0 Å². The molecule has 0 amide bonds. The fraction of sp³-hybridized carbons (Fsp3) is 0.667. The van der Waals surface area contributed by atoms with Crippen LogP contribution in [0.25, 0.3) is 0 Å². The van der Waals surface area contributed by atoms with Crippen molar-refractivity contribution in [3.63, 3.8) is 0 Å². The monoisotopic (exact) mass is 277 g/mol. The van der Waals surface area contributed by atoms with E-state index in [1.54, 1.807) is 0 Å². The van der Waals surface area contributed by atoms with E-state index in [2.05, 4.69) is 50.4 Å². The van der Waals surface area contributed by atoms with E-state index in [1.807, 2.05) is 0 Å². The highest BCUT2D eigenvalue weighted by atomic mass is 16.3. The number of aliphatic hydroxyl groups excluding tert-OH is 1. The van der Waals surface area contributed by atoms with Crippen molar-refractivity contribution in [1.82, 2.24) is 5.32 Å². The quantitative estimate of drug-likeness (QED) is 0.682. The first-order chi connectivity index (χ1) is 9.65. The van der Waals surface area contributed by atoms with E-state index >= 15 is 0 Å². The van der Waals surface area contributed by atoms with Gasteiger partial charge in [0, 0.05) is 13.2 Å². The highest BCUT2D eigenvalue weighted by Crippen LogP contribution is 2.11. The second-order valence-electron chi connectivity index (χ2n) is 6.21. The molecule has 1 aromatic carbocycles. The van der Waals surface area contributed by atoms with Gasteiger partial charge in [-0.1, -0.05) is 51.5 Å². The number of nitrogens with one attached hydrogen (secondary N) is 1. The molecule has 0 radical (unpaired) electrons. The van der Waals surface area contributed by atoms with Gasteiger partial charge in [-0.15, -0.1) is 0 Å². The lowest BCUT2D eigenvalue weighted by atomic mass is 10.00. The van der Waals surface area contributed by atoms with Crippen molar-refractivity contribution in [2.45, 2.75) is 53.0 Å². The Morgan fingerprint density at radius 3 is 2.25 bits per heavy atom. The van der Waals surface area contributed by atoms with Crippen molar-refractivity contribution in [3.05, 3.63) is 35.4 Å². The summed E-state index contributed by atoms with van der Waals surface area (Å²) in [5.41, 5.74) is 2.77. The largest absolute Gasteiger partial charge is 0.396 e. The van der Waals surface area contributed by atoms with Crippen molar-refractivity contribution < 1.29 is 5.11 Å². The molecule has 1 atom stereocenters. The van der Waals surface area contributed by atoms with Crippen LogP contribution >= 0.6 is 0 Å². The van der Waals surface area contributed by atoms with Crippen molar-refractivity contribution in [3.8, 4) is 0 Å². The second kappa shape index (κ2) is 9.95. The zero-order chi connectivity index (χ0) is 14.8. The first-order valence-corrected chi connectivity index (χ1v) is 8.05. The van der Waals surface area contributed by atoms with Crippen LogP contribution < -0.4 is 5.32 Å². The molecule has 114 valence electrons. The highest BCUT2D eigenvalue weighted by molar-refractivity contribution is 5.22. The van der Waals surface area contributed by atoms with Crippen molar-refractivity contribution in [2.24, 2.45) is 11.8 Å². The lowest BCUT2D eigenvalue weighted by molar-refractivity contribution is 0.248. The van der Waals surface area contributed by atoms with E-state index in [0.29, 0.717) is 18.4 Å². The number of rotatable bonds is 10. The Bertz CT molecular complexity index is 339. The van der Waals surface area contributed by atoms with Gasteiger partial charge in [-0.3, -0.25) is 0 Å². The average Bonchev–Trinajstić information content (AvgIpc) is 2.40. The molecule has 2 N–H and O–H groups in total. The van der Waals surface area contributed by atoms with Gasteiger partial charge in [0.2, 0.25) is 0 Å². The predicted octanol–water partition coefficient (Wildman–Crippen LogP) is 3.77. The average molecular weight is 277 g/mol. The third-order valence-electron chi connectivity index (χ3n) is 3.66. The van der Waals surface area contributed by atoms with Crippen molar-refractivity contribution in [1.29, 1.82) is 0 Å². The van der Waals surface area contributed by atoms with E-state index in [1.165, 1.54) is 24.0 Å². The molecule has 0 saturated heterocycles. The molecule has 0 fully saturated rings. The molecule has 0 bridgehead atoms. The van der Waals surface area contributed by atoms with E-state index in [0.717, 1.165) is 25.9 Å². The summed E-state index contributed by atoms with van der Waals surface area (Å²) in [5, 5.41) is 12.6. The van der Waals surface area contributed by atoms with Crippen LogP contribution in [-0.4, -0.2) is 18.3 Å². The first-order valence-electron chi connectivity index (χ1n) is 8.05. The van der Waals surface area contributed by atoms with Crippen LogP contribution in [0.3, 0.4) is 0 Å². The van der Waals surface area contributed by atoms with Crippen LogP contribution in [0, 0.1) is 11.8 Å². The fourth-order valence-electron chi connectivity index (χ4n) is 2.62. The van der Waals surface area contributed by atoms with Crippen LogP contribution in [-0.2, 0) is 13.0 Å². The highest BCUT2D eigenvalue weighted by Gasteiger charge is 2.06. The molecule has 1 aromatic rings. The van der Waals surface area contributed by atoms with Crippen LogP contribution in [0.1, 0.15) is 51.2 Å². The molecule has 0 saturated carbocycles. The molecular formula is C18H31NO. The lowest BCUT2D eigenvalue weighted by Crippen LogP contribution is -2.23. The minimum absolute atomic E-state index is 0.302. The van der Waals surface area contributed by atoms with Gasteiger partial charge in [-0.05, 0) is 48.8 Å². The number of hydrogen-bond acceptors (Lipinski definition) is 2. The Labute approximate surface area is 124 Å². The normalized spacial score (nSPS) is 12.8. The van der Waals surface area contributed by atoms with Gasteiger partial charge < -0.3 is 10.4 Å². The molecule has 20 heavy (non-hydrogen) atoms.